The Morgan fingerprint density at radius 3 is 2.24 bits per heavy atom. The molecule has 15 atom stereocenters. The second-order valence-electron chi connectivity index (χ2n) is 15.3. The maximum atomic E-state index is 13.6. The Morgan fingerprint density at radius 1 is 0.873 bits per heavy atom. The number of nitrogens with two attached hydrogens (primary N) is 1. The highest BCUT2D eigenvalue weighted by Crippen LogP contribution is 2.39. The van der Waals surface area contributed by atoms with Gasteiger partial charge in [-0.25, -0.2) is 9.59 Å². The van der Waals surface area contributed by atoms with Crippen LogP contribution in [-0.4, -0.2) is 148 Å². The fourth-order valence-electron chi connectivity index (χ4n) is 8.15. The average Bonchev–Trinajstić information content (AvgIpc) is 3.18. The van der Waals surface area contributed by atoms with Crippen molar-refractivity contribution in [3.63, 3.8) is 0 Å². The molecule has 17 nitrogen and oxygen atoms in total. The molecule has 55 heavy (non-hydrogen) atoms. The summed E-state index contributed by atoms with van der Waals surface area (Å²) in [5.41, 5.74) is 5.76. The molecule has 1 aromatic rings. The SMILES string of the molecule is CC1O[C@@H](OC2[C@H](C)CC(C(=O)NCCN)C[C@H]2O[C@@H]2O[C@@H](CO)[C@H](O)C(O[C@@H](CC3CCCCC3)C(=O)O)C2OC(=O)c2ccccc2)[C@@H](O)C(O)[C@@H]1O. The van der Waals surface area contributed by atoms with Gasteiger partial charge in [0, 0.05) is 19.0 Å². The molecule has 0 spiro atoms. The number of hydrogen-bond acceptors (Lipinski definition) is 15. The Bertz CT molecular complexity index is 1380. The number of amides is 1. The van der Waals surface area contributed by atoms with Crippen LogP contribution in [0.4, 0.5) is 0 Å². The molecule has 0 aromatic heterocycles. The van der Waals surface area contributed by atoms with E-state index in [1.165, 1.54) is 19.1 Å². The van der Waals surface area contributed by atoms with E-state index in [1.807, 2.05) is 0 Å². The van der Waals surface area contributed by atoms with Crippen LogP contribution < -0.4 is 11.1 Å². The number of rotatable bonds is 15. The summed E-state index contributed by atoms with van der Waals surface area (Å²) in [4.78, 5) is 39.5. The number of nitrogens with one attached hydrogen (secondary N) is 1. The number of carboxylic acids is 1. The lowest BCUT2D eigenvalue weighted by Crippen LogP contribution is -2.64. The van der Waals surface area contributed by atoms with Crippen LogP contribution in [0, 0.1) is 17.8 Å². The van der Waals surface area contributed by atoms with Crippen molar-refractivity contribution in [3.05, 3.63) is 35.9 Å². The van der Waals surface area contributed by atoms with E-state index in [-0.39, 0.29) is 43.3 Å². The van der Waals surface area contributed by atoms with Gasteiger partial charge in [0.15, 0.2) is 24.8 Å². The third-order valence-electron chi connectivity index (χ3n) is 11.2. The van der Waals surface area contributed by atoms with Gasteiger partial charge in [0.2, 0.25) is 5.91 Å². The summed E-state index contributed by atoms with van der Waals surface area (Å²) in [6.07, 6.45) is -13.2. The molecule has 5 rings (SSSR count). The first-order valence-corrected chi connectivity index (χ1v) is 19.4. The van der Waals surface area contributed by atoms with Crippen molar-refractivity contribution in [2.24, 2.45) is 23.5 Å². The third-order valence-corrected chi connectivity index (χ3v) is 11.2. The molecule has 6 unspecified atom stereocenters. The monoisotopic (exact) mass is 782 g/mol. The summed E-state index contributed by atoms with van der Waals surface area (Å²) in [5.74, 6) is -3.48. The summed E-state index contributed by atoms with van der Waals surface area (Å²) in [6, 6.07) is 7.96. The Kier molecular flexibility index (Phi) is 15.8. The van der Waals surface area contributed by atoms with E-state index in [4.69, 9.17) is 34.2 Å². The average molecular weight is 783 g/mol. The highest BCUT2D eigenvalue weighted by Gasteiger charge is 2.53. The topological polar surface area (TPSA) is 266 Å². The van der Waals surface area contributed by atoms with E-state index >= 15 is 0 Å². The maximum absolute atomic E-state index is 13.6. The highest BCUT2D eigenvalue weighted by molar-refractivity contribution is 5.89. The normalized spacial score (nSPS) is 37.8. The van der Waals surface area contributed by atoms with Crippen molar-refractivity contribution in [2.45, 2.75) is 145 Å². The van der Waals surface area contributed by atoms with Crippen molar-refractivity contribution >= 4 is 17.8 Å². The fraction of sp³-hybridized carbons (Fsp3) is 0.763. The third kappa shape index (κ3) is 10.8. The molecule has 17 heteroatoms. The molecule has 4 fully saturated rings. The van der Waals surface area contributed by atoms with Crippen molar-refractivity contribution in [2.75, 3.05) is 19.7 Å². The number of carbonyl (C=O) groups is 3. The standard InChI is InChI=1S/C38H58N2O15/c1-19-15-23(34(46)40-14-13-39)17-24(31(19)55-37-30(45)29(44)27(42)20(2)50-37)52-38-33(54-36(49)22-11-7-4-8-12-22)32(28(43)26(18-41)53-38)51-25(35(47)48)16-21-9-5-3-6-10-21/h4,7-8,11-12,19-21,23-33,37-38,41-45H,3,5-6,9-10,13-18,39H2,1-2H3,(H,40,46)(H,47,48)/t19-,20?,23?,24-,25+,26+,27-,28+,29?,30+,31?,32?,33?,37+,38-/m1/s1. The summed E-state index contributed by atoms with van der Waals surface area (Å²) in [7, 11) is 0. The fourth-order valence-corrected chi connectivity index (χ4v) is 8.15. The summed E-state index contributed by atoms with van der Waals surface area (Å²) in [6.45, 7) is 2.98. The first-order chi connectivity index (χ1) is 26.3. The number of benzene rings is 1. The highest BCUT2D eigenvalue weighted by atomic mass is 16.7. The van der Waals surface area contributed by atoms with Crippen LogP contribution in [0.5, 0.6) is 0 Å². The molecular weight excluding hydrogens is 724 g/mol. The van der Waals surface area contributed by atoms with Crippen LogP contribution in [0.3, 0.4) is 0 Å². The van der Waals surface area contributed by atoms with Gasteiger partial charge in [-0.1, -0.05) is 57.2 Å². The Balaban J connectivity index is 1.49. The molecule has 0 radical (unpaired) electrons. The van der Waals surface area contributed by atoms with Crippen LogP contribution in [0.25, 0.3) is 0 Å². The van der Waals surface area contributed by atoms with E-state index in [2.05, 4.69) is 5.32 Å². The zero-order chi connectivity index (χ0) is 39.8. The molecule has 2 heterocycles. The Hall–Kier alpha value is -2.81. The molecule has 1 amide bonds. The number of hydrogen-bond donors (Lipinski definition) is 8. The van der Waals surface area contributed by atoms with Gasteiger partial charge >= 0.3 is 11.9 Å². The molecule has 1 aromatic carbocycles. The lowest BCUT2D eigenvalue weighted by Gasteiger charge is -2.48. The van der Waals surface area contributed by atoms with Crippen molar-refractivity contribution in [3.8, 4) is 0 Å². The molecule has 2 aliphatic heterocycles. The van der Waals surface area contributed by atoms with Crippen LogP contribution in [0.15, 0.2) is 30.3 Å². The van der Waals surface area contributed by atoms with Crippen LogP contribution in [-0.2, 0) is 38.0 Å². The van der Waals surface area contributed by atoms with Crippen molar-refractivity contribution in [1.82, 2.24) is 5.32 Å². The predicted octanol–water partition coefficient (Wildman–Crippen LogP) is -0.182. The smallest absolute Gasteiger partial charge is 0.338 e. The van der Waals surface area contributed by atoms with Crippen LogP contribution in [0.2, 0.25) is 0 Å². The number of carboxylic acid groups (broad SMARTS) is 1. The minimum atomic E-state index is -1.67. The molecule has 9 N–H and O–H groups in total. The molecule has 4 aliphatic rings. The van der Waals surface area contributed by atoms with Gasteiger partial charge in [-0.05, 0) is 50.2 Å². The Labute approximate surface area is 320 Å². The number of aliphatic carboxylic acids is 1. The first kappa shape index (κ1) is 43.3. The van der Waals surface area contributed by atoms with E-state index in [0.717, 1.165) is 32.1 Å². The molecule has 310 valence electrons. The van der Waals surface area contributed by atoms with Gasteiger partial charge in [0.1, 0.15) is 36.6 Å². The van der Waals surface area contributed by atoms with Gasteiger partial charge in [-0.3, -0.25) is 4.79 Å². The second-order valence-corrected chi connectivity index (χ2v) is 15.3. The Morgan fingerprint density at radius 2 is 1.58 bits per heavy atom. The van der Waals surface area contributed by atoms with E-state index in [0.29, 0.717) is 6.42 Å². The number of esters is 1. The zero-order valence-electron chi connectivity index (χ0n) is 31.3. The van der Waals surface area contributed by atoms with E-state index < -0.39 is 110 Å². The van der Waals surface area contributed by atoms with E-state index in [9.17, 15) is 45.0 Å². The van der Waals surface area contributed by atoms with Crippen LogP contribution in [0.1, 0.15) is 75.6 Å². The minimum absolute atomic E-state index is 0.00543. The summed E-state index contributed by atoms with van der Waals surface area (Å²) in [5, 5.41) is 66.6. The van der Waals surface area contributed by atoms with E-state index in [1.54, 1.807) is 25.1 Å². The summed E-state index contributed by atoms with van der Waals surface area (Å²) < 4.78 is 36.8. The van der Waals surface area contributed by atoms with Gasteiger partial charge in [-0.2, -0.15) is 0 Å². The van der Waals surface area contributed by atoms with Gasteiger partial charge in [-0.15, -0.1) is 0 Å². The number of aliphatic hydroxyl groups excluding tert-OH is 5. The van der Waals surface area contributed by atoms with Crippen molar-refractivity contribution in [1.29, 1.82) is 0 Å². The molecule has 0 bridgehead atoms. The van der Waals surface area contributed by atoms with Crippen LogP contribution >= 0.6 is 0 Å². The predicted molar refractivity (Wildman–Crippen MR) is 191 cm³/mol. The number of ether oxygens (including phenoxy) is 6. The first-order valence-electron chi connectivity index (χ1n) is 19.4. The molecule has 2 saturated carbocycles. The van der Waals surface area contributed by atoms with Gasteiger partial charge in [0.25, 0.3) is 0 Å². The number of aliphatic hydroxyl groups is 5. The largest absolute Gasteiger partial charge is 0.479 e. The maximum Gasteiger partial charge on any atom is 0.338 e. The molecular formula is C38H58N2O15. The number of carbonyl (C=O) groups excluding carboxylic acids is 2. The van der Waals surface area contributed by atoms with Gasteiger partial charge in [0.05, 0.1) is 30.5 Å². The lowest BCUT2D eigenvalue weighted by molar-refractivity contribution is -0.349. The summed E-state index contributed by atoms with van der Waals surface area (Å²) >= 11 is 0. The van der Waals surface area contributed by atoms with Crippen molar-refractivity contribution < 1.29 is 73.4 Å². The second kappa shape index (κ2) is 20.1. The van der Waals surface area contributed by atoms with Gasteiger partial charge < -0.3 is 70.1 Å². The molecule has 2 saturated heterocycles. The minimum Gasteiger partial charge on any atom is -0.479 e. The molecule has 2 aliphatic carbocycles. The zero-order valence-corrected chi connectivity index (χ0v) is 31.3. The quantitative estimate of drug-likeness (QED) is 0.107. The lowest BCUT2D eigenvalue weighted by atomic mass is 9.77.